The van der Waals surface area contributed by atoms with Crippen LogP contribution in [-0.4, -0.2) is 35.1 Å². The summed E-state index contributed by atoms with van der Waals surface area (Å²) in [6, 6.07) is 5.94. The molecule has 0 saturated carbocycles. The van der Waals surface area contributed by atoms with Crippen LogP contribution in [0.15, 0.2) is 18.2 Å². The van der Waals surface area contributed by atoms with Crippen molar-refractivity contribution in [3.8, 4) is 0 Å². The number of hydrogen-bond acceptors (Lipinski definition) is 2. The van der Waals surface area contributed by atoms with Crippen LogP contribution in [-0.2, 0) is 0 Å². The quantitative estimate of drug-likeness (QED) is 0.870. The number of benzene rings is 1. The van der Waals surface area contributed by atoms with Crippen LogP contribution < -0.4 is 0 Å². The Morgan fingerprint density at radius 2 is 1.94 bits per heavy atom. The third-order valence-electron chi connectivity index (χ3n) is 3.66. The number of carbonyl (C=O) groups is 1. The van der Waals surface area contributed by atoms with Crippen molar-refractivity contribution in [2.75, 3.05) is 13.1 Å². The monoisotopic (exact) mass is 247 g/mol. The number of amides is 1. The molecule has 1 aromatic rings. The van der Waals surface area contributed by atoms with E-state index in [-0.39, 0.29) is 17.9 Å². The van der Waals surface area contributed by atoms with E-state index in [2.05, 4.69) is 6.07 Å². The Balaban J connectivity index is 2.12. The van der Waals surface area contributed by atoms with Crippen LogP contribution in [0.4, 0.5) is 0 Å². The summed E-state index contributed by atoms with van der Waals surface area (Å²) in [6.45, 7) is 7.24. The van der Waals surface area contributed by atoms with E-state index in [0.717, 1.165) is 29.7 Å². The highest BCUT2D eigenvalue weighted by Crippen LogP contribution is 2.22. The molecule has 2 rings (SSSR count). The molecule has 0 spiro atoms. The van der Waals surface area contributed by atoms with Crippen LogP contribution in [0, 0.1) is 19.8 Å². The molecule has 1 aliphatic rings. The molecular formula is C15H21NO2. The molecule has 1 heterocycles. The van der Waals surface area contributed by atoms with Gasteiger partial charge in [0, 0.05) is 24.6 Å². The van der Waals surface area contributed by atoms with Crippen molar-refractivity contribution in [1.82, 2.24) is 4.90 Å². The van der Waals surface area contributed by atoms with Crippen LogP contribution in [0.1, 0.15) is 34.8 Å². The highest BCUT2D eigenvalue weighted by Gasteiger charge is 2.29. The molecule has 1 N–H and O–H groups in total. The molecule has 1 aromatic carbocycles. The lowest BCUT2D eigenvalue weighted by molar-refractivity contribution is 0.0762. The lowest BCUT2D eigenvalue weighted by atomic mass is 10.0. The van der Waals surface area contributed by atoms with E-state index in [1.165, 1.54) is 0 Å². The number of likely N-dealkylation sites (tertiary alicyclic amines) is 1. The zero-order chi connectivity index (χ0) is 13.3. The summed E-state index contributed by atoms with van der Waals surface area (Å²) in [5.41, 5.74) is 2.99. The zero-order valence-corrected chi connectivity index (χ0v) is 11.3. The Morgan fingerprint density at radius 1 is 1.33 bits per heavy atom. The minimum Gasteiger partial charge on any atom is -0.393 e. The summed E-state index contributed by atoms with van der Waals surface area (Å²) in [7, 11) is 0. The number of hydrogen-bond donors (Lipinski definition) is 1. The van der Waals surface area contributed by atoms with Crippen molar-refractivity contribution >= 4 is 5.91 Å². The summed E-state index contributed by atoms with van der Waals surface area (Å²) in [5.74, 6) is 0.310. The van der Waals surface area contributed by atoms with Crippen LogP contribution >= 0.6 is 0 Å². The zero-order valence-electron chi connectivity index (χ0n) is 11.3. The van der Waals surface area contributed by atoms with Gasteiger partial charge in [0.1, 0.15) is 0 Å². The van der Waals surface area contributed by atoms with Gasteiger partial charge < -0.3 is 10.0 Å². The molecule has 1 aliphatic heterocycles. The van der Waals surface area contributed by atoms with Gasteiger partial charge in [-0.25, -0.2) is 0 Å². The molecular weight excluding hydrogens is 226 g/mol. The van der Waals surface area contributed by atoms with Gasteiger partial charge in [-0.05, 0) is 39.3 Å². The first-order valence-electron chi connectivity index (χ1n) is 6.53. The molecule has 1 amide bonds. The van der Waals surface area contributed by atoms with Crippen LogP contribution in [0.2, 0.25) is 0 Å². The summed E-state index contributed by atoms with van der Waals surface area (Å²) < 4.78 is 0. The van der Waals surface area contributed by atoms with E-state index in [1.54, 1.807) is 6.92 Å². The van der Waals surface area contributed by atoms with Gasteiger partial charge in [0.25, 0.3) is 5.91 Å². The van der Waals surface area contributed by atoms with E-state index < -0.39 is 0 Å². The molecule has 98 valence electrons. The van der Waals surface area contributed by atoms with Crippen molar-refractivity contribution in [3.63, 3.8) is 0 Å². The molecule has 3 heteroatoms. The van der Waals surface area contributed by atoms with Gasteiger partial charge in [0.15, 0.2) is 0 Å². The number of carbonyl (C=O) groups excluding carboxylic acids is 1. The number of aliphatic hydroxyl groups excluding tert-OH is 1. The summed E-state index contributed by atoms with van der Waals surface area (Å²) in [5, 5.41) is 9.57. The minimum atomic E-state index is -0.331. The first-order chi connectivity index (χ1) is 8.47. The maximum Gasteiger partial charge on any atom is 0.253 e. The Hall–Kier alpha value is -1.35. The summed E-state index contributed by atoms with van der Waals surface area (Å²) in [4.78, 5) is 14.2. The van der Waals surface area contributed by atoms with E-state index in [1.807, 2.05) is 30.9 Å². The fourth-order valence-corrected chi connectivity index (χ4v) is 2.65. The topological polar surface area (TPSA) is 40.5 Å². The standard InChI is InChI=1S/C15H21NO2/c1-10-6-11(2)8-14(7-10)15(18)16-5-4-13(9-16)12(3)17/h6-8,12-13,17H,4-5,9H2,1-3H3. The molecule has 0 bridgehead atoms. The average molecular weight is 247 g/mol. The van der Waals surface area contributed by atoms with Crippen molar-refractivity contribution < 1.29 is 9.90 Å². The average Bonchev–Trinajstić information content (AvgIpc) is 2.75. The predicted octanol–water partition coefficient (Wildman–Crippen LogP) is 2.15. The number of nitrogens with zero attached hydrogens (tertiary/aromatic N) is 1. The first-order valence-corrected chi connectivity index (χ1v) is 6.53. The second kappa shape index (κ2) is 5.11. The fourth-order valence-electron chi connectivity index (χ4n) is 2.65. The third kappa shape index (κ3) is 2.72. The SMILES string of the molecule is Cc1cc(C)cc(C(=O)N2CCC(C(C)O)C2)c1. The van der Waals surface area contributed by atoms with Gasteiger partial charge in [-0.2, -0.15) is 0 Å². The number of aliphatic hydroxyl groups is 1. The second-order valence-electron chi connectivity index (χ2n) is 5.42. The molecule has 18 heavy (non-hydrogen) atoms. The van der Waals surface area contributed by atoms with Gasteiger partial charge in [-0.15, -0.1) is 0 Å². The number of rotatable bonds is 2. The lowest BCUT2D eigenvalue weighted by Gasteiger charge is -2.18. The molecule has 0 radical (unpaired) electrons. The molecule has 0 aliphatic carbocycles. The smallest absolute Gasteiger partial charge is 0.253 e. The predicted molar refractivity (Wildman–Crippen MR) is 71.6 cm³/mol. The van der Waals surface area contributed by atoms with Crippen molar-refractivity contribution in [2.45, 2.75) is 33.3 Å². The van der Waals surface area contributed by atoms with Gasteiger partial charge in [0.05, 0.1) is 6.10 Å². The van der Waals surface area contributed by atoms with E-state index in [4.69, 9.17) is 0 Å². The van der Waals surface area contributed by atoms with E-state index >= 15 is 0 Å². The highest BCUT2D eigenvalue weighted by molar-refractivity contribution is 5.94. The van der Waals surface area contributed by atoms with E-state index in [0.29, 0.717) is 6.54 Å². The van der Waals surface area contributed by atoms with Crippen molar-refractivity contribution in [1.29, 1.82) is 0 Å². The Labute approximate surface area is 108 Å². The molecule has 1 fully saturated rings. The molecule has 2 unspecified atom stereocenters. The van der Waals surface area contributed by atoms with Gasteiger partial charge in [-0.3, -0.25) is 4.79 Å². The van der Waals surface area contributed by atoms with Gasteiger partial charge in [-0.1, -0.05) is 17.2 Å². The van der Waals surface area contributed by atoms with Gasteiger partial charge >= 0.3 is 0 Å². The summed E-state index contributed by atoms with van der Waals surface area (Å²) >= 11 is 0. The van der Waals surface area contributed by atoms with Crippen molar-refractivity contribution in [3.05, 3.63) is 34.9 Å². The third-order valence-corrected chi connectivity index (χ3v) is 3.66. The fraction of sp³-hybridized carbons (Fsp3) is 0.533. The first kappa shape index (κ1) is 13.1. The van der Waals surface area contributed by atoms with E-state index in [9.17, 15) is 9.90 Å². The molecule has 1 saturated heterocycles. The lowest BCUT2D eigenvalue weighted by Crippen LogP contribution is -2.30. The molecule has 3 nitrogen and oxygen atoms in total. The highest BCUT2D eigenvalue weighted by atomic mass is 16.3. The van der Waals surface area contributed by atoms with Crippen LogP contribution in [0.3, 0.4) is 0 Å². The Morgan fingerprint density at radius 3 is 2.44 bits per heavy atom. The van der Waals surface area contributed by atoms with Gasteiger partial charge in [0.2, 0.25) is 0 Å². The summed E-state index contributed by atoms with van der Waals surface area (Å²) in [6.07, 6.45) is 0.566. The van der Waals surface area contributed by atoms with Crippen LogP contribution in [0.5, 0.6) is 0 Å². The molecule has 0 aromatic heterocycles. The second-order valence-corrected chi connectivity index (χ2v) is 5.42. The molecule has 2 atom stereocenters. The number of aryl methyl sites for hydroxylation is 2. The normalized spacial score (nSPS) is 21.1. The Kier molecular flexibility index (Phi) is 3.71. The largest absolute Gasteiger partial charge is 0.393 e. The Bertz CT molecular complexity index is 434. The van der Waals surface area contributed by atoms with Crippen LogP contribution in [0.25, 0.3) is 0 Å². The minimum absolute atomic E-state index is 0.0879. The van der Waals surface area contributed by atoms with Crippen molar-refractivity contribution in [2.24, 2.45) is 5.92 Å². The maximum atomic E-state index is 12.4. The maximum absolute atomic E-state index is 12.4.